The second-order valence-electron chi connectivity index (χ2n) is 7.99. The number of amides is 2. The van der Waals surface area contributed by atoms with Crippen molar-refractivity contribution in [1.29, 1.82) is 0 Å². The molecule has 0 unspecified atom stereocenters. The van der Waals surface area contributed by atoms with E-state index < -0.39 is 33.8 Å². The van der Waals surface area contributed by atoms with E-state index in [0.717, 1.165) is 0 Å². The van der Waals surface area contributed by atoms with E-state index >= 15 is 4.39 Å². The lowest BCUT2D eigenvalue weighted by Gasteiger charge is -2.51. The fourth-order valence-corrected chi connectivity index (χ4v) is 4.22. The zero-order chi connectivity index (χ0) is 24.7. The van der Waals surface area contributed by atoms with Crippen LogP contribution in [-0.2, 0) is 27.0 Å². The number of nitrogens with zero attached hydrogens (tertiary/aromatic N) is 2. The van der Waals surface area contributed by atoms with Gasteiger partial charge in [-0.25, -0.2) is 18.7 Å². The third-order valence-electron chi connectivity index (χ3n) is 5.56. The summed E-state index contributed by atoms with van der Waals surface area (Å²) in [7, 11) is 0.336. The smallest absolute Gasteiger partial charge is 0.410 e. The predicted molar refractivity (Wildman–Crippen MR) is 118 cm³/mol. The number of halogens is 1. The van der Waals surface area contributed by atoms with Crippen LogP contribution in [0.5, 0.6) is 11.5 Å². The molecule has 11 nitrogen and oxygen atoms in total. The van der Waals surface area contributed by atoms with E-state index in [1.54, 1.807) is 12.1 Å². The third-order valence-corrected chi connectivity index (χ3v) is 6.59. The van der Waals surface area contributed by atoms with Gasteiger partial charge in [0.05, 0.1) is 25.4 Å². The van der Waals surface area contributed by atoms with Gasteiger partial charge in [0.25, 0.3) is 10.2 Å². The quantitative estimate of drug-likeness (QED) is 0.629. The van der Waals surface area contributed by atoms with Crippen molar-refractivity contribution in [3.8, 4) is 11.5 Å². The van der Waals surface area contributed by atoms with E-state index in [1.165, 1.54) is 55.2 Å². The molecule has 1 fully saturated rings. The molecular formula is C21H23FN4O7S. The summed E-state index contributed by atoms with van der Waals surface area (Å²) >= 11 is 0. The number of ether oxygens (including phenoxy) is 3. The summed E-state index contributed by atoms with van der Waals surface area (Å²) in [5.41, 5.74) is -0.472. The maximum atomic E-state index is 15.1. The van der Waals surface area contributed by atoms with E-state index in [2.05, 4.69) is 4.72 Å². The number of hydrogen-bond acceptors (Lipinski definition) is 7. The van der Waals surface area contributed by atoms with E-state index in [4.69, 9.17) is 14.2 Å². The second kappa shape index (κ2) is 8.74. The summed E-state index contributed by atoms with van der Waals surface area (Å²) in [6, 6.07) is 8.89. The second-order valence-corrected chi connectivity index (χ2v) is 9.61. The molecule has 0 saturated carbocycles. The maximum Gasteiger partial charge on any atom is 0.416 e. The fraction of sp³-hybridized carbons (Fsp3) is 0.333. The highest BCUT2D eigenvalue weighted by Crippen LogP contribution is 2.46. The summed E-state index contributed by atoms with van der Waals surface area (Å²) in [4.78, 5) is 27.4. The molecule has 2 N–H and O–H groups in total. The fourth-order valence-electron chi connectivity index (χ4n) is 3.67. The van der Waals surface area contributed by atoms with Gasteiger partial charge < -0.3 is 19.1 Å². The predicted octanol–water partition coefficient (Wildman–Crippen LogP) is 2.00. The lowest BCUT2D eigenvalue weighted by molar-refractivity contribution is -0.143. The molecule has 2 aliphatic heterocycles. The summed E-state index contributed by atoms with van der Waals surface area (Å²) in [5.74, 6) is -0.407. The Morgan fingerprint density at radius 2 is 2.00 bits per heavy atom. The van der Waals surface area contributed by atoms with E-state index in [9.17, 15) is 18.0 Å². The Hall–Kier alpha value is -3.42. The van der Waals surface area contributed by atoms with Crippen molar-refractivity contribution in [3.63, 3.8) is 0 Å². The Kier molecular flexibility index (Phi) is 6.10. The first-order chi connectivity index (χ1) is 16.1. The van der Waals surface area contributed by atoms with E-state index in [-0.39, 0.29) is 42.5 Å². The lowest BCUT2D eigenvalue weighted by Crippen LogP contribution is -2.63. The Bertz CT molecular complexity index is 1250. The largest absolute Gasteiger partial charge is 0.416 e. The molecule has 1 saturated heterocycles. The Balaban J connectivity index is 1.64. The molecule has 1 spiro atoms. The molecule has 0 atom stereocenters. The Morgan fingerprint density at radius 3 is 2.62 bits per heavy atom. The number of rotatable bonds is 6. The number of carbonyl (C=O) groups excluding carboxylic acids is 2. The molecule has 2 aromatic carbocycles. The van der Waals surface area contributed by atoms with Crippen LogP contribution in [0.4, 0.5) is 19.7 Å². The highest BCUT2D eigenvalue weighted by atomic mass is 32.2. The van der Waals surface area contributed by atoms with Gasteiger partial charge in [-0.2, -0.15) is 8.42 Å². The molecule has 2 aliphatic rings. The van der Waals surface area contributed by atoms with Gasteiger partial charge in [0, 0.05) is 38.3 Å². The number of benzene rings is 2. The zero-order valence-corrected chi connectivity index (χ0v) is 19.4. The minimum Gasteiger partial charge on any atom is -0.410 e. The average Bonchev–Trinajstić information content (AvgIpc) is 2.75. The summed E-state index contributed by atoms with van der Waals surface area (Å²) < 4.78 is 59.0. The van der Waals surface area contributed by atoms with Crippen molar-refractivity contribution >= 4 is 28.1 Å². The van der Waals surface area contributed by atoms with Crippen molar-refractivity contribution in [3.05, 3.63) is 53.3 Å². The minimum atomic E-state index is -3.93. The Morgan fingerprint density at radius 1 is 1.26 bits per heavy atom. The number of hydrogen-bond donors (Lipinski definition) is 2. The standard InChI is InChI=1S/C21H23FN4O7S/c1-23-34(29,30)24-16-6-4-5-13(18(16)22)10-26-20(28)33-17-9-14(32-19(27)25(2)3)7-8-15(17)21(26)11-31-12-21/h4-9,23-24H,10-12H2,1-3H3. The molecule has 0 aliphatic carbocycles. The van der Waals surface area contributed by atoms with Crippen LogP contribution < -0.4 is 18.9 Å². The van der Waals surface area contributed by atoms with Crippen molar-refractivity contribution in [2.24, 2.45) is 0 Å². The van der Waals surface area contributed by atoms with Crippen molar-refractivity contribution in [2.75, 3.05) is 39.1 Å². The topological polar surface area (TPSA) is 127 Å². The molecular weight excluding hydrogens is 471 g/mol. The van der Waals surface area contributed by atoms with E-state index in [1.807, 2.05) is 4.72 Å². The first kappa shape index (κ1) is 23.7. The normalized spacial score (nSPS) is 16.4. The summed E-state index contributed by atoms with van der Waals surface area (Å²) in [6.45, 7) is 0.110. The number of anilines is 1. The van der Waals surface area contributed by atoms with Gasteiger partial charge in [0.2, 0.25) is 0 Å². The molecule has 2 heterocycles. The van der Waals surface area contributed by atoms with Gasteiger partial charge in [-0.15, -0.1) is 0 Å². The minimum absolute atomic E-state index is 0.0829. The number of carbonyl (C=O) groups is 2. The summed E-state index contributed by atoms with van der Waals surface area (Å²) in [5, 5.41) is 0. The van der Waals surface area contributed by atoms with Crippen LogP contribution >= 0.6 is 0 Å². The summed E-state index contributed by atoms with van der Waals surface area (Å²) in [6.07, 6.45) is -1.33. The molecule has 4 rings (SSSR count). The lowest BCUT2D eigenvalue weighted by atomic mass is 9.84. The van der Waals surface area contributed by atoms with Crippen LogP contribution in [0.1, 0.15) is 11.1 Å². The van der Waals surface area contributed by atoms with Gasteiger partial charge in [-0.05, 0) is 18.2 Å². The molecule has 182 valence electrons. The van der Waals surface area contributed by atoms with Crippen molar-refractivity contribution < 1.29 is 36.6 Å². The third kappa shape index (κ3) is 4.24. The SMILES string of the molecule is CNS(=O)(=O)Nc1cccc(CN2C(=O)Oc3cc(OC(=O)N(C)C)ccc3C23COC3)c1F. The Labute approximate surface area is 195 Å². The molecule has 0 bridgehead atoms. The van der Waals surface area contributed by atoms with Crippen LogP contribution in [0.3, 0.4) is 0 Å². The van der Waals surface area contributed by atoms with Gasteiger partial charge in [-0.3, -0.25) is 9.62 Å². The highest BCUT2D eigenvalue weighted by molar-refractivity contribution is 7.90. The molecule has 34 heavy (non-hydrogen) atoms. The van der Waals surface area contributed by atoms with Crippen LogP contribution in [0.2, 0.25) is 0 Å². The maximum absolute atomic E-state index is 15.1. The molecule has 0 radical (unpaired) electrons. The van der Waals surface area contributed by atoms with Gasteiger partial charge >= 0.3 is 12.2 Å². The van der Waals surface area contributed by atoms with Crippen LogP contribution in [-0.4, -0.2) is 64.8 Å². The molecule has 13 heteroatoms. The van der Waals surface area contributed by atoms with Crippen molar-refractivity contribution in [2.45, 2.75) is 12.1 Å². The first-order valence-corrected chi connectivity index (χ1v) is 11.6. The van der Waals surface area contributed by atoms with Gasteiger partial charge in [-0.1, -0.05) is 12.1 Å². The van der Waals surface area contributed by atoms with Gasteiger partial charge in [0.15, 0.2) is 5.82 Å². The molecule has 0 aromatic heterocycles. The molecule has 2 amide bonds. The van der Waals surface area contributed by atoms with Crippen LogP contribution in [0, 0.1) is 5.82 Å². The molecule has 2 aromatic rings. The van der Waals surface area contributed by atoms with Gasteiger partial charge in [0.1, 0.15) is 17.0 Å². The average molecular weight is 495 g/mol. The number of fused-ring (bicyclic) bond motifs is 2. The number of nitrogens with one attached hydrogen (secondary N) is 2. The van der Waals surface area contributed by atoms with Crippen LogP contribution in [0.25, 0.3) is 0 Å². The van der Waals surface area contributed by atoms with Crippen LogP contribution in [0.15, 0.2) is 36.4 Å². The van der Waals surface area contributed by atoms with Crippen molar-refractivity contribution in [1.82, 2.24) is 14.5 Å². The van der Waals surface area contributed by atoms with E-state index in [0.29, 0.717) is 5.56 Å². The first-order valence-electron chi connectivity index (χ1n) is 10.2. The highest BCUT2D eigenvalue weighted by Gasteiger charge is 2.53. The zero-order valence-electron chi connectivity index (χ0n) is 18.6. The monoisotopic (exact) mass is 494 g/mol.